The zero-order valence-corrected chi connectivity index (χ0v) is 15.0. The summed E-state index contributed by atoms with van der Waals surface area (Å²) in [5.74, 6) is -0.746. The van der Waals surface area contributed by atoms with Crippen LogP contribution in [0.25, 0.3) is 11.1 Å². The number of nitrogens with zero attached hydrogens (tertiary/aromatic N) is 2. The number of hydrogen-bond acceptors (Lipinski definition) is 4. The standard InChI is InChI=1S/C19H25N3O3/c1-4-5-11-22-13(2)17(19(20)24)18(14-7-6-10-21-12-14)15(22)8-9-16(23)25-3/h6-7,10,12H,4-5,8-9,11H2,1-3H3,(H2,20,24). The summed E-state index contributed by atoms with van der Waals surface area (Å²) in [6.45, 7) is 4.79. The fourth-order valence-electron chi connectivity index (χ4n) is 3.12. The van der Waals surface area contributed by atoms with Crippen LogP contribution in [-0.4, -0.2) is 28.5 Å². The van der Waals surface area contributed by atoms with Crippen molar-refractivity contribution in [2.24, 2.45) is 5.73 Å². The Morgan fingerprint density at radius 1 is 1.36 bits per heavy atom. The molecule has 6 heteroatoms. The van der Waals surface area contributed by atoms with Crippen LogP contribution in [0.1, 0.15) is 47.9 Å². The molecule has 0 bridgehead atoms. The molecule has 2 heterocycles. The lowest BCUT2D eigenvalue weighted by Crippen LogP contribution is -2.13. The molecule has 0 saturated carbocycles. The summed E-state index contributed by atoms with van der Waals surface area (Å²) in [6.07, 6.45) is 6.13. The number of rotatable bonds is 8. The van der Waals surface area contributed by atoms with E-state index in [0.717, 1.165) is 41.9 Å². The van der Waals surface area contributed by atoms with Gasteiger partial charge in [0.1, 0.15) is 0 Å². The average molecular weight is 343 g/mol. The minimum atomic E-state index is -0.467. The molecule has 25 heavy (non-hydrogen) atoms. The van der Waals surface area contributed by atoms with E-state index in [9.17, 15) is 9.59 Å². The first-order valence-corrected chi connectivity index (χ1v) is 8.50. The van der Waals surface area contributed by atoms with Gasteiger partial charge in [0.2, 0.25) is 0 Å². The van der Waals surface area contributed by atoms with Crippen molar-refractivity contribution in [3.63, 3.8) is 0 Å². The molecule has 0 aliphatic rings. The minimum absolute atomic E-state index is 0.248. The summed E-state index contributed by atoms with van der Waals surface area (Å²) in [5, 5.41) is 0. The molecular formula is C19H25N3O3. The molecule has 0 unspecified atom stereocenters. The maximum atomic E-state index is 12.1. The first kappa shape index (κ1) is 18.7. The molecule has 0 aromatic carbocycles. The van der Waals surface area contributed by atoms with E-state index in [1.54, 1.807) is 12.4 Å². The van der Waals surface area contributed by atoms with E-state index in [-0.39, 0.29) is 12.4 Å². The Kier molecular flexibility index (Phi) is 6.33. The molecule has 0 saturated heterocycles. The topological polar surface area (TPSA) is 87.2 Å². The predicted molar refractivity (Wildman–Crippen MR) is 96.2 cm³/mol. The Morgan fingerprint density at radius 3 is 2.68 bits per heavy atom. The van der Waals surface area contributed by atoms with Crippen molar-refractivity contribution >= 4 is 11.9 Å². The van der Waals surface area contributed by atoms with Crippen LogP contribution in [0.5, 0.6) is 0 Å². The van der Waals surface area contributed by atoms with Crippen molar-refractivity contribution in [1.29, 1.82) is 0 Å². The number of pyridine rings is 1. The number of carbonyl (C=O) groups excluding carboxylic acids is 2. The highest BCUT2D eigenvalue weighted by Crippen LogP contribution is 2.33. The van der Waals surface area contributed by atoms with Crippen molar-refractivity contribution in [3.8, 4) is 11.1 Å². The summed E-state index contributed by atoms with van der Waals surface area (Å²) in [4.78, 5) is 28.0. The van der Waals surface area contributed by atoms with Gasteiger partial charge in [-0.25, -0.2) is 0 Å². The van der Waals surface area contributed by atoms with Gasteiger partial charge in [0.15, 0.2) is 0 Å². The fourth-order valence-corrected chi connectivity index (χ4v) is 3.12. The maximum absolute atomic E-state index is 12.1. The quantitative estimate of drug-likeness (QED) is 0.747. The van der Waals surface area contributed by atoms with Crippen LogP contribution in [0.2, 0.25) is 0 Å². The van der Waals surface area contributed by atoms with Gasteiger partial charge in [0, 0.05) is 41.5 Å². The molecule has 6 nitrogen and oxygen atoms in total. The Balaban J connectivity index is 2.63. The first-order chi connectivity index (χ1) is 12.0. The van der Waals surface area contributed by atoms with Gasteiger partial charge in [-0.2, -0.15) is 0 Å². The van der Waals surface area contributed by atoms with Gasteiger partial charge in [-0.3, -0.25) is 14.6 Å². The molecule has 2 aromatic rings. The van der Waals surface area contributed by atoms with E-state index in [2.05, 4.69) is 16.5 Å². The molecule has 0 spiro atoms. The Bertz CT molecular complexity index is 751. The van der Waals surface area contributed by atoms with Crippen LogP contribution in [0.15, 0.2) is 24.5 Å². The number of carbonyl (C=O) groups is 2. The highest BCUT2D eigenvalue weighted by atomic mass is 16.5. The van der Waals surface area contributed by atoms with Crippen LogP contribution in [-0.2, 0) is 22.5 Å². The van der Waals surface area contributed by atoms with E-state index in [0.29, 0.717) is 12.0 Å². The van der Waals surface area contributed by atoms with Crippen molar-refractivity contribution in [1.82, 2.24) is 9.55 Å². The molecule has 1 amide bonds. The average Bonchev–Trinajstić information content (AvgIpc) is 2.90. The largest absolute Gasteiger partial charge is 0.469 e. The molecular weight excluding hydrogens is 318 g/mol. The molecule has 0 atom stereocenters. The van der Waals surface area contributed by atoms with Crippen molar-refractivity contribution in [3.05, 3.63) is 41.5 Å². The summed E-state index contributed by atoms with van der Waals surface area (Å²) in [6, 6.07) is 3.73. The van der Waals surface area contributed by atoms with Crippen LogP contribution < -0.4 is 5.73 Å². The molecule has 2 N–H and O–H groups in total. The van der Waals surface area contributed by atoms with E-state index >= 15 is 0 Å². The Morgan fingerprint density at radius 2 is 2.12 bits per heavy atom. The van der Waals surface area contributed by atoms with Crippen LogP contribution >= 0.6 is 0 Å². The summed E-state index contributed by atoms with van der Waals surface area (Å²) >= 11 is 0. The van der Waals surface area contributed by atoms with Crippen LogP contribution in [0.4, 0.5) is 0 Å². The highest BCUT2D eigenvalue weighted by molar-refractivity contribution is 6.02. The van der Waals surface area contributed by atoms with Gasteiger partial charge in [-0.15, -0.1) is 0 Å². The number of aromatic nitrogens is 2. The second-order valence-corrected chi connectivity index (χ2v) is 5.97. The zero-order valence-electron chi connectivity index (χ0n) is 15.0. The third-order valence-electron chi connectivity index (χ3n) is 4.36. The number of nitrogens with two attached hydrogens (primary N) is 1. The molecule has 0 aliphatic carbocycles. The number of unbranched alkanes of at least 4 members (excludes halogenated alkanes) is 1. The SMILES string of the molecule is CCCCn1c(C)c(C(N)=O)c(-c2cccnc2)c1CCC(=O)OC. The van der Waals surface area contributed by atoms with E-state index in [4.69, 9.17) is 10.5 Å². The van der Waals surface area contributed by atoms with Crippen LogP contribution in [0, 0.1) is 6.92 Å². The van der Waals surface area contributed by atoms with Gasteiger partial charge >= 0.3 is 5.97 Å². The maximum Gasteiger partial charge on any atom is 0.305 e. The number of amides is 1. The zero-order chi connectivity index (χ0) is 18.4. The van der Waals surface area contributed by atoms with Gasteiger partial charge in [-0.1, -0.05) is 19.4 Å². The van der Waals surface area contributed by atoms with Crippen molar-refractivity contribution in [2.75, 3.05) is 7.11 Å². The monoisotopic (exact) mass is 343 g/mol. The lowest BCUT2D eigenvalue weighted by molar-refractivity contribution is -0.140. The first-order valence-electron chi connectivity index (χ1n) is 8.50. The smallest absolute Gasteiger partial charge is 0.305 e. The minimum Gasteiger partial charge on any atom is -0.469 e. The number of primary amides is 1. The number of esters is 1. The molecule has 0 aliphatic heterocycles. The molecule has 2 aromatic heterocycles. The fraction of sp³-hybridized carbons (Fsp3) is 0.421. The number of ether oxygens (including phenoxy) is 1. The Labute approximate surface area is 148 Å². The normalized spacial score (nSPS) is 10.7. The van der Waals surface area contributed by atoms with Crippen molar-refractivity contribution < 1.29 is 14.3 Å². The van der Waals surface area contributed by atoms with Crippen LogP contribution in [0.3, 0.4) is 0 Å². The van der Waals surface area contributed by atoms with Gasteiger partial charge < -0.3 is 15.0 Å². The third kappa shape index (κ3) is 4.07. The number of hydrogen-bond donors (Lipinski definition) is 1. The second kappa shape index (κ2) is 8.46. The molecule has 0 radical (unpaired) electrons. The molecule has 2 rings (SSSR count). The third-order valence-corrected chi connectivity index (χ3v) is 4.36. The summed E-state index contributed by atoms with van der Waals surface area (Å²) in [5.41, 5.74) is 9.55. The predicted octanol–water partition coefficient (Wildman–Crippen LogP) is 2.86. The second-order valence-electron chi connectivity index (χ2n) is 5.97. The summed E-state index contributed by atoms with van der Waals surface area (Å²) in [7, 11) is 1.38. The number of methoxy groups -OCH3 is 1. The van der Waals surface area contributed by atoms with E-state index in [1.165, 1.54) is 7.11 Å². The summed E-state index contributed by atoms with van der Waals surface area (Å²) < 4.78 is 6.88. The highest BCUT2D eigenvalue weighted by Gasteiger charge is 2.25. The Hall–Kier alpha value is -2.63. The van der Waals surface area contributed by atoms with Crippen molar-refractivity contribution in [2.45, 2.75) is 46.1 Å². The molecule has 0 fully saturated rings. The van der Waals surface area contributed by atoms with Gasteiger partial charge in [0.25, 0.3) is 5.91 Å². The van der Waals surface area contributed by atoms with Gasteiger partial charge in [0.05, 0.1) is 19.1 Å². The molecule has 134 valence electrons. The lowest BCUT2D eigenvalue weighted by Gasteiger charge is -2.12. The van der Waals surface area contributed by atoms with E-state index < -0.39 is 5.91 Å². The lowest BCUT2D eigenvalue weighted by atomic mass is 9.99. The van der Waals surface area contributed by atoms with E-state index in [1.807, 2.05) is 19.1 Å². The van der Waals surface area contributed by atoms with Gasteiger partial charge in [-0.05, 0) is 25.8 Å².